The van der Waals surface area contributed by atoms with Crippen molar-refractivity contribution in [2.24, 2.45) is 11.1 Å². The maximum atomic E-state index is 9.74. The molecule has 1 aromatic heterocycles. The third-order valence-corrected chi connectivity index (χ3v) is 3.89. The first-order valence-corrected chi connectivity index (χ1v) is 6.73. The molecule has 1 atom stereocenters. The van der Waals surface area contributed by atoms with Gasteiger partial charge in [-0.05, 0) is 44.1 Å². The zero-order valence-electron chi connectivity index (χ0n) is 11.2. The third-order valence-electron chi connectivity index (χ3n) is 3.89. The van der Waals surface area contributed by atoms with E-state index in [2.05, 4.69) is 24.0 Å². The monoisotopic (exact) mass is 253 g/mol. The van der Waals surface area contributed by atoms with Crippen LogP contribution in [0, 0.1) is 5.41 Å². The van der Waals surface area contributed by atoms with Gasteiger partial charge in [-0.1, -0.05) is 19.0 Å². The van der Waals surface area contributed by atoms with Crippen LogP contribution in [0.15, 0.2) is 4.52 Å². The van der Waals surface area contributed by atoms with Crippen molar-refractivity contribution in [3.8, 4) is 0 Å². The number of aromatic nitrogens is 2. The number of aliphatic hydroxyl groups excluding tert-OH is 1. The molecule has 0 radical (unpaired) electrons. The summed E-state index contributed by atoms with van der Waals surface area (Å²) in [5.41, 5.74) is 5.83. The Balaban J connectivity index is 1.98. The molecule has 0 amide bonds. The Morgan fingerprint density at radius 1 is 1.44 bits per heavy atom. The van der Waals surface area contributed by atoms with E-state index in [9.17, 15) is 5.11 Å². The normalized spacial score (nSPS) is 22.0. The molecule has 1 unspecified atom stereocenters. The first kappa shape index (κ1) is 13.5. The van der Waals surface area contributed by atoms with Gasteiger partial charge in [0.05, 0.1) is 0 Å². The van der Waals surface area contributed by atoms with E-state index in [4.69, 9.17) is 10.3 Å². The van der Waals surface area contributed by atoms with E-state index < -0.39 is 6.10 Å². The Morgan fingerprint density at radius 3 is 2.72 bits per heavy atom. The highest BCUT2D eigenvalue weighted by Gasteiger charge is 2.30. The molecule has 1 fully saturated rings. The minimum Gasteiger partial charge on any atom is -0.383 e. The fraction of sp³-hybridized carbons (Fsp3) is 0.846. The van der Waals surface area contributed by atoms with E-state index in [1.54, 1.807) is 0 Å². The van der Waals surface area contributed by atoms with E-state index >= 15 is 0 Å². The summed E-state index contributed by atoms with van der Waals surface area (Å²) in [6.45, 7) is 5.02. The van der Waals surface area contributed by atoms with Gasteiger partial charge in [-0.15, -0.1) is 0 Å². The highest BCUT2D eigenvalue weighted by Crippen LogP contribution is 2.41. The Bertz CT molecular complexity index is 379. The highest BCUT2D eigenvalue weighted by molar-refractivity contribution is 5.00. The molecule has 1 saturated carbocycles. The van der Waals surface area contributed by atoms with Crippen molar-refractivity contribution in [3.05, 3.63) is 11.7 Å². The van der Waals surface area contributed by atoms with E-state index in [0.717, 1.165) is 18.7 Å². The van der Waals surface area contributed by atoms with Crippen LogP contribution >= 0.6 is 0 Å². The summed E-state index contributed by atoms with van der Waals surface area (Å²) in [5, 5.41) is 13.7. The van der Waals surface area contributed by atoms with Gasteiger partial charge in [0.15, 0.2) is 5.82 Å². The van der Waals surface area contributed by atoms with Gasteiger partial charge in [0.2, 0.25) is 0 Å². The second-order valence-corrected chi connectivity index (χ2v) is 6.02. The van der Waals surface area contributed by atoms with Crippen LogP contribution in [0.25, 0.3) is 0 Å². The van der Waals surface area contributed by atoms with Gasteiger partial charge >= 0.3 is 0 Å². The number of rotatable bonds is 4. The summed E-state index contributed by atoms with van der Waals surface area (Å²) in [4.78, 5) is 4.32. The Morgan fingerprint density at radius 2 is 2.11 bits per heavy atom. The van der Waals surface area contributed by atoms with Crippen LogP contribution in [0.2, 0.25) is 0 Å². The molecule has 18 heavy (non-hydrogen) atoms. The second kappa shape index (κ2) is 5.36. The minimum absolute atomic E-state index is 0.306. The van der Waals surface area contributed by atoms with E-state index in [1.807, 2.05) is 0 Å². The number of nitrogens with zero attached hydrogens (tertiary/aromatic N) is 2. The van der Waals surface area contributed by atoms with Crippen molar-refractivity contribution in [2.75, 3.05) is 6.54 Å². The van der Waals surface area contributed by atoms with Gasteiger partial charge in [0, 0.05) is 5.92 Å². The zero-order chi connectivity index (χ0) is 13.2. The molecule has 1 heterocycles. The van der Waals surface area contributed by atoms with Gasteiger partial charge in [-0.3, -0.25) is 0 Å². The molecule has 5 nitrogen and oxygen atoms in total. The van der Waals surface area contributed by atoms with E-state index in [0.29, 0.717) is 30.2 Å². The van der Waals surface area contributed by atoms with Gasteiger partial charge < -0.3 is 15.4 Å². The first-order valence-electron chi connectivity index (χ1n) is 6.73. The van der Waals surface area contributed by atoms with Crippen molar-refractivity contribution < 1.29 is 9.63 Å². The van der Waals surface area contributed by atoms with Crippen LogP contribution in [0.1, 0.15) is 69.7 Å². The Kier molecular flexibility index (Phi) is 4.02. The lowest BCUT2D eigenvalue weighted by Gasteiger charge is -2.32. The lowest BCUT2D eigenvalue weighted by molar-refractivity contribution is 0.127. The summed E-state index contributed by atoms with van der Waals surface area (Å²) < 4.78 is 5.12. The largest absolute Gasteiger partial charge is 0.383 e. The van der Waals surface area contributed by atoms with Crippen molar-refractivity contribution in [1.29, 1.82) is 0 Å². The Labute approximate surface area is 108 Å². The van der Waals surface area contributed by atoms with Crippen molar-refractivity contribution in [2.45, 2.75) is 58.0 Å². The first-order chi connectivity index (χ1) is 8.52. The summed E-state index contributed by atoms with van der Waals surface area (Å²) in [7, 11) is 0. The highest BCUT2D eigenvalue weighted by atomic mass is 16.5. The van der Waals surface area contributed by atoms with Gasteiger partial charge in [-0.25, -0.2) is 0 Å². The number of hydrogen-bond acceptors (Lipinski definition) is 5. The van der Waals surface area contributed by atoms with Crippen LogP contribution in [-0.2, 0) is 0 Å². The van der Waals surface area contributed by atoms with Gasteiger partial charge in [-0.2, -0.15) is 4.98 Å². The molecule has 0 saturated heterocycles. The molecule has 0 spiro atoms. The minimum atomic E-state index is -0.726. The topological polar surface area (TPSA) is 85.2 Å². The smallest absolute Gasteiger partial charge is 0.255 e. The van der Waals surface area contributed by atoms with Crippen molar-refractivity contribution in [3.63, 3.8) is 0 Å². The quantitative estimate of drug-likeness (QED) is 0.858. The predicted molar refractivity (Wildman–Crippen MR) is 67.9 cm³/mol. The molecule has 102 valence electrons. The Hall–Kier alpha value is -0.940. The van der Waals surface area contributed by atoms with Crippen LogP contribution in [0.4, 0.5) is 0 Å². The molecular weight excluding hydrogens is 230 g/mol. The van der Waals surface area contributed by atoms with Crippen molar-refractivity contribution >= 4 is 0 Å². The number of aliphatic hydroxyl groups is 1. The summed E-state index contributed by atoms with van der Waals surface area (Å²) in [6.07, 6.45) is 4.30. The molecule has 3 N–H and O–H groups in total. The summed E-state index contributed by atoms with van der Waals surface area (Å²) in [6, 6.07) is 0. The molecule has 5 heteroatoms. The summed E-state index contributed by atoms with van der Waals surface area (Å²) >= 11 is 0. The van der Waals surface area contributed by atoms with Gasteiger partial charge in [0.1, 0.15) is 6.10 Å². The van der Waals surface area contributed by atoms with Crippen LogP contribution in [-0.4, -0.2) is 21.8 Å². The molecule has 1 aliphatic carbocycles. The number of nitrogens with two attached hydrogens (primary N) is 1. The van der Waals surface area contributed by atoms with Crippen LogP contribution < -0.4 is 5.73 Å². The maximum absolute atomic E-state index is 9.74. The molecule has 0 bridgehead atoms. The van der Waals surface area contributed by atoms with Crippen LogP contribution in [0.5, 0.6) is 0 Å². The average molecular weight is 253 g/mol. The number of hydrogen-bond donors (Lipinski definition) is 2. The van der Waals surface area contributed by atoms with E-state index in [-0.39, 0.29) is 0 Å². The SMILES string of the molecule is CC1(C)CCC(c2noc(C(O)CCN)n2)CC1. The molecule has 2 rings (SSSR count). The fourth-order valence-electron chi connectivity index (χ4n) is 2.49. The molecular formula is C13H23N3O2. The lowest BCUT2D eigenvalue weighted by atomic mass is 9.73. The summed E-state index contributed by atoms with van der Waals surface area (Å²) in [5.74, 6) is 1.43. The van der Waals surface area contributed by atoms with E-state index in [1.165, 1.54) is 12.8 Å². The molecule has 1 aliphatic rings. The third kappa shape index (κ3) is 3.09. The average Bonchev–Trinajstić information content (AvgIpc) is 2.79. The predicted octanol–water partition coefficient (Wildman–Crippen LogP) is 2.14. The molecule has 0 aliphatic heterocycles. The zero-order valence-corrected chi connectivity index (χ0v) is 11.2. The second-order valence-electron chi connectivity index (χ2n) is 6.02. The standard InChI is InChI=1S/C13H23N3O2/c1-13(2)6-3-9(4-7-13)11-15-12(18-16-11)10(17)5-8-14/h9-10,17H,3-8,14H2,1-2H3. The maximum Gasteiger partial charge on any atom is 0.255 e. The lowest BCUT2D eigenvalue weighted by Crippen LogP contribution is -2.20. The molecule has 0 aromatic carbocycles. The van der Waals surface area contributed by atoms with Crippen molar-refractivity contribution in [1.82, 2.24) is 10.1 Å². The molecule has 1 aromatic rings. The van der Waals surface area contributed by atoms with Gasteiger partial charge in [0.25, 0.3) is 5.89 Å². The fourth-order valence-corrected chi connectivity index (χ4v) is 2.49. The van der Waals surface area contributed by atoms with Crippen LogP contribution in [0.3, 0.4) is 0 Å².